The summed E-state index contributed by atoms with van der Waals surface area (Å²) in [4.78, 5) is 26.6. The van der Waals surface area contributed by atoms with Crippen LogP contribution in [0.1, 0.15) is 18.5 Å². The lowest BCUT2D eigenvalue weighted by molar-refractivity contribution is -0.140. The molecule has 1 aromatic rings. The summed E-state index contributed by atoms with van der Waals surface area (Å²) in [5, 5.41) is 9.77. The van der Waals surface area contributed by atoms with Crippen molar-refractivity contribution in [3.63, 3.8) is 0 Å². The molecule has 1 aliphatic heterocycles. The molecule has 2 atom stereocenters. The summed E-state index contributed by atoms with van der Waals surface area (Å²) in [7, 11) is 1.68. The van der Waals surface area contributed by atoms with Crippen LogP contribution in [0.2, 0.25) is 5.02 Å². The Balaban J connectivity index is 2.13. The molecule has 1 saturated heterocycles. The molecule has 0 spiro atoms. The van der Waals surface area contributed by atoms with Crippen LogP contribution in [-0.2, 0) is 4.79 Å². The van der Waals surface area contributed by atoms with Gasteiger partial charge in [0, 0.05) is 17.8 Å². The van der Waals surface area contributed by atoms with Gasteiger partial charge in [0.05, 0.1) is 11.9 Å². The summed E-state index contributed by atoms with van der Waals surface area (Å²) < 4.78 is 0. The van der Waals surface area contributed by atoms with E-state index in [0.29, 0.717) is 16.7 Å². The van der Waals surface area contributed by atoms with E-state index in [1.165, 1.54) is 16.7 Å². The number of hydrogen-bond donors (Lipinski definition) is 1. The van der Waals surface area contributed by atoms with Crippen LogP contribution in [0.4, 0.5) is 4.79 Å². The van der Waals surface area contributed by atoms with Crippen LogP contribution in [0, 0.1) is 0 Å². The highest BCUT2D eigenvalue weighted by molar-refractivity contribution is 7.99. The molecule has 0 saturated carbocycles. The van der Waals surface area contributed by atoms with Crippen LogP contribution in [0.25, 0.3) is 0 Å². The van der Waals surface area contributed by atoms with Gasteiger partial charge in [-0.05, 0) is 24.6 Å². The third-order valence-electron chi connectivity index (χ3n) is 3.63. The van der Waals surface area contributed by atoms with Crippen LogP contribution >= 0.6 is 23.4 Å². The van der Waals surface area contributed by atoms with Gasteiger partial charge in [-0.25, -0.2) is 9.59 Å². The van der Waals surface area contributed by atoms with Gasteiger partial charge in [0.25, 0.3) is 0 Å². The quantitative estimate of drug-likeness (QED) is 0.926. The van der Waals surface area contributed by atoms with Gasteiger partial charge in [-0.1, -0.05) is 23.7 Å². The summed E-state index contributed by atoms with van der Waals surface area (Å²) in [5.41, 5.74) is 0.914. The molecule has 1 aliphatic rings. The van der Waals surface area contributed by atoms with Crippen molar-refractivity contribution in [2.24, 2.45) is 0 Å². The number of carbonyl (C=O) groups excluding carboxylic acids is 1. The fraction of sp³-hybridized carbons (Fsp3) is 0.429. The fourth-order valence-electron chi connectivity index (χ4n) is 2.19. The summed E-state index contributed by atoms with van der Waals surface area (Å²) in [6.45, 7) is 1.89. The van der Waals surface area contributed by atoms with Gasteiger partial charge in [-0.2, -0.15) is 0 Å². The van der Waals surface area contributed by atoms with Crippen molar-refractivity contribution < 1.29 is 14.7 Å². The minimum Gasteiger partial charge on any atom is -0.480 e. The van der Waals surface area contributed by atoms with Crippen molar-refractivity contribution >= 4 is 35.4 Å². The maximum atomic E-state index is 12.5. The summed E-state index contributed by atoms with van der Waals surface area (Å²) in [6.07, 6.45) is 0. The number of benzene rings is 1. The average molecular weight is 329 g/mol. The Morgan fingerprint density at radius 3 is 2.86 bits per heavy atom. The second kappa shape index (κ2) is 6.58. The van der Waals surface area contributed by atoms with Gasteiger partial charge < -0.3 is 14.9 Å². The number of amides is 2. The molecule has 1 unspecified atom stereocenters. The molecule has 2 amide bonds. The molecular weight excluding hydrogens is 312 g/mol. The maximum absolute atomic E-state index is 12.5. The van der Waals surface area contributed by atoms with Crippen LogP contribution < -0.4 is 0 Å². The lowest BCUT2D eigenvalue weighted by atomic mass is 10.1. The zero-order valence-corrected chi connectivity index (χ0v) is 13.4. The second-order valence-corrected chi connectivity index (χ2v) is 6.38. The van der Waals surface area contributed by atoms with Crippen molar-refractivity contribution in [3.8, 4) is 0 Å². The first-order chi connectivity index (χ1) is 9.91. The Labute approximate surface area is 132 Å². The number of rotatable bonds is 3. The highest BCUT2D eigenvalue weighted by atomic mass is 35.5. The number of carboxylic acids is 1. The standard InChI is InChI=1S/C14H17ClN2O3S/c1-9(10-4-3-5-11(15)6-10)16(2)14(20)17-8-21-7-12(17)13(18)19/h3-6,9,12H,7-8H2,1-2H3,(H,18,19)/t9?,12-/m0/s1. The molecule has 7 heteroatoms. The van der Waals surface area contributed by atoms with E-state index >= 15 is 0 Å². The third-order valence-corrected chi connectivity index (χ3v) is 4.87. The van der Waals surface area contributed by atoms with Crippen molar-refractivity contribution in [1.82, 2.24) is 9.80 Å². The van der Waals surface area contributed by atoms with Crippen LogP contribution in [0.5, 0.6) is 0 Å². The Morgan fingerprint density at radius 2 is 2.24 bits per heavy atom. The zero-order chi connectivity index (χ0) is 15.6. The molecule has 114 valence electrons. The van der Waals surface area contributed by atoms with Gasteiger partial charge >= 0.3 is 12.0 Å². The lowest BCUT2D eigenvalue weighted by Gasteiger charge is -2.31. The third kappa shape index (κ3) is 3.44. The molecule has 1 N–H and O–H groups in total. The first kappa shape index (κ1) is 16.0. The number of halogens is 1. The van der Waals surface area contributed by atoms with E-state index in [1.54, 1.807) is 18.0 Å². The molecule has 1 heterocycles. The maximum Gasteiger partial charge on any atom is 0.327 e. The fourth-order valence-corrected chi connectivity index (χ4v) is 3.53. The van der Waals surface area contributed by atoms with E-state index in [-0.39, 0.29) is 12.1 Å². The lowest BCUT2D eigenvalue weighted by Crippen LogP contribution is -2.48. The molecule has 1 fully saturated rings. The van der Waals surface area contributed by atoms with Gasteiger partial charge in [-0.15, -0.1) is 11.8 Å². The van der Waals surface area contributed by atoms with Gasteiger partial charge in [-0.3, -0.25) is 0 Å². The van der Waals surface area contributed by atoms with Gasteiger partial charge in [0.15, 0.2) is 0 Å². The summed E-state index contributed by atoms with van der Waals surface area (Å²) >= 11 is 7.42. The van der Waals surface area contributed by atoms with Crippen molar-refractivity contribution in [2.45, 2.75) is 19.0 Å². The Hall–Kier alpha value is -1.40. The number of nitrogens with zero attached hydrogens (tertiary/aromatic N) is 2. The molecular formula is C14H17ClN2O3S. The molecule has 0 aromatic heterocycles. The largest absolute Gasteiger partial charge is 0.480 e. The number of carboxylic acid groups (broad SMARTS) is 1. The molecule has 5 nitrogen and oxygen atoms in total. The first-order valence-electron chi connectivity index (χ1n) is 6.51. The molecule has 2 rings (SSSR count). The molecule has 21 heavy (non-hydrogen) atoms. The van der Waals surface area contributed by atoms with Gasteiger partial charge in [0.1, 0.15) is 6.04 Å². The minimum absolute atomic E-state index is 0.184. The van der Waals surface area contributed by atoms with Crippen molar-refractivity contribution in [1.29, 1.82) is 0 Å². The number of hydrogen-bond acceptors (Lipinski definition) is 3. The van der Waals surface area contributed by atoms with E-state index in [2.05, 4.69) is 0 Å². The Morgan fingerprint density at radius 1 is 1.52 bits per heavy atom. The Bertz CT molecular complexity index is 555. The smallest absolute Gasteiger partial charge is 0.327 e. The Kier molecular flexibility index (Phi) is 5.00. The number of carbonyl (C=O) groups is 2. The molecule has 0 bridgehead atoms. The van der Waals surface area contributed by atoms with Gasteiger partial charge in [0.2, 0.25) is 0 Å². The predicted molar refractivity (Wildman–Crippen MR) is 83.6 cm³/mol. The van der Waals surface area contributed by atoms with Crippen molar-refractivity contribution in [2.75, 3.05) is 18.7 Å². The van der Waals surface area contributed by atoms with E-state index in [9.17, 15) is 9.59 Å². The van der Waals surface area contributed by atoms with E-state index in [1.807, 2.05) is 25.1 Å². The van der Waals surface area contributed by atoms with E-state index in [0.717, 1.165) is 5.56 Å². The summed E-state index contributed by atoms with van der Waals surface area (Å²) in [6, 6.07) is 6.10. The van der Waals surface area contributed by atoms with E-state index < -0.39 is 12.0 Å². The molecule has 0 aliphatic carbocycles. The first-order valence-corrected chi connectivity index (χ1v) is 8.04. The number of aliphatic carboxylic acids is 1. The van der Waals surface area contributed by atoms with Crippen LogP contribution in [0.15, 0.2) is 24.3 Å². The normalized spacial score (nSPS) is 19.4. The SMILES string of the molecule is CC(c1cccc(Cl)c1)N(C)C(=O)N1CSC[C@H]1C(=O)O. The average Bonchev–Trinajstić information content (AvgIpc) is 2.94. The molecule has 1 aromatic carbocycles. The predicted octanol–water partition coefficient (Wildman–Crippen LogP) is 2.91. The monoisotopic (exact) mass is 328 g/mol. The highest BCUT2D eigenvalue weighted by Crippen LogP contribution is 2.27. The van der Waals surface area contributed by atoms with Crippen LogP contribution in [-0.4, -0.2) is 51.6 Å². The minimum atomic E-state index is -0.961. The second-order valence-electron chi connectivity index (χ2n) is 4.95. The summed E-state index contributed by atoms with van der Waals surface area (Å²) in [5.74, 6) is -0.125. The topological polar surface area (TPSA) is 60.9 Å². The van der Waals surface area contributed by atoms with Crippen molar-refractivity contribution in [3.05, 3.63) is 34.9 Å². The molecule has 0 radical (unpaired) electrons. The highest BCUT2D eigenvalue weighted by Gasteiger charge is 2.37. The van der Waals surface area contributed by atoms with E-state index in [4.69, 9.17) is 16.7 Å². The zero-order valence-electron chi connectivity index (χ0n) is 11.8. The number of thioether (sulfide) groups is 1. The number of urea groups is 1. The van der Waals surface area contributed by atoms with Crippen LogP contribution in [0.3, 0.4) is 0 Å².